The summed E-state index contributed by atoms with van der Waals surface area (Å²) in [6.07, 6.45) is 7.47. The van der Waals surface area contributed by atoms with Gasteiger partial charge < -0.3 is 0 Å². The van der Waals surface area contributed by atoms with Gasteiger partial charge in [-0.05, 0) is 0 Å². The predicted octanol–water partition coefficient (Wildman–Crippen LogP) is 6.80. The molecule has 0 radical (unpaired) electrons. The molecule has 26 heavy (non-hydrogen) atoms. The number of hydrogen-bond acceptors (Lipinski definition) is 6. The van der Waals surface area contributed by atoms with E-state index in [2.05, 4.69) is 26.8 Å². The molecular weight excluding hydrogens is 557 g/mol. The van der Waals surface area contributed by atoms with E-state index in [1.54, 1.807) is 0 Å². The summed E-state index contributed by atoms with van der Waals surface area (Å²) in [5.41, 5.74) is -2.00. The van der Waals surface area contributed by atoms with Crippen LogP contribution in [-0.4, -0.2) is 50.1 Å². The van der Waals surface area contributed by atoms with Crippen molar-refractivity contribution in [1.82, 2.24) is 4.90 Å². The average molecular weight is 587 g/mol. The van der Waals surface area contributed by atoms with Gasteiger partial charge in [0.1, 0.15) is 0 Å². The van der Waals surface area contributed by atoms with Crippen LogP contribution in [0.2, 0.25) is 8.94 Å². The summed E-state index contributed by atoms with van der Waals surface area (Å²) >= 11 is 9.44. The van der Waals surface area contributed by atoms with Gasteiger partial charge in [-0.2, -0.15) is 0 Å². The number of likely N-dealkylation sites (tertiary alicyclic amines) is 1. The van der Waals surface area contributed by atoms with Crippen LogP contribution >= 0.6 is 44.6 Å². The van der Waals surface area contributed by atoms with Crippen molar-refractivity contribution in [3.63, 3.8) is 0 Å². The van der Waals surface area contributed by atoms with Crippen molar-refractivity contribution in [2.75, 3.05) is 26.3 Å². The molecule has 0 bridgehead atoms. The first-order valence-corrected chi connectivity index (χ1v) is 24.9. The van der Waals surface area contributed by atoms with Crippen molar-refractivity contribution in [1.29, 1.82) is 0 Å². The van der Waals surface area contributed by atoms with E-state index < -0.39 is 20.3 Å². The van der Waals surface area contributed by atoms with E-state index in [1.165, 1.54) is 34.6 Å². The summed E-state index contributed by atoms with van der Waals surface area (Å²) in [6, 6.07) is 0. The molecule has 3 aliphatic heterocycles. The van der Waals surface area contributed by atoms with Crippen molar-refractivity contribution < 1.29 is 9.05 Å². The van der Waals surface area contributed by atoms with Crippen molar-refractivity contribution >= 4 is 75.3 Å². The van der Waals surface area contributed by atoms with Crippen LogP contribution in [0.1, 0.15) is 52.4 Å². The van der Waals surface area contributed by atoms with Gasteiger partial charge in [-0.3, -0.25) is 0 Å². The summed E-state index contributed by atoms with van der Waals surface area (Å²) < 4.78 is 16.4. The summed E-state index contributed by atoms with van der Waals surface area (Å²) in [6.45, 7) is 8.32. The molecule has 3 saturated heterocycles. The van der Waals surface area contributed by atoms with Crippen molar-refractivity contribution in [2.24, 2.45) is 5.41 Å². The number of rotatable bonds is 3. The molecule has 0 unspecified atom stereocenters. The maximum absolute atomic E-state index is 6.31. The van der Waals surface area contributed by atoms with Crippen LogP contribution in [0, 0.1) is 5.41 Å². The van der Waals surface area contributed by atoms with E-state index in [1.807, 2.05) is 18.6 Å². The van der Waals surface area contributed by atoms with Gasteiger partial charge in [0, 0.05) is 0 Å². The fourth-order valence-electron chi connectivity index (χ4n) is 3.32. The fraction of sp³-hybridized carbons (Fsp3) is 0.938. The molecule has 3 fully saturated rings. The van der Waals surface area contributed by atoms with E-state index in [-0.39, 0.29) is 5.41 Å². The summed E-state index contributed by atoms with van der Waals surface area (Å²) in [4.78, 5) is 2.38. The van der Waals surface area contributed by atoms with Crippen molar-refractivity contribution in [3.05, 3.63) is 0 Å². The minimum absolute atomic E-state index is 0.179. The fourth-order valence-corrected chi connectivity index (χ4v) is 63.7. The van der Waals surface area contributed by atoms with Gasteiger partial charge in [0.2, 0.25) is 0 Å². The van der Waals surface area contributed by atoms with Crippen LogP contribution < -0.4 is 0 Å². The predicted molar refractivity (Wildman–Crippen MR) is 130 cm³/mol. The van der Waals surface area contributed by atoms with Gasteiger partial charge in [-0.1, -0.05) is 0 Å². The van der Waals surface area contributed by atoms with Crippen LogP contribution in [0.25, 0.3) is 0 Å². The zero-order chi connectivity index (χ0) is 18.7. The maximum atomic E-state index is 6.31. The number of thiocarbonyl (C=S) groups is 1. The third-order valence-electron chi connectivity index (χ3n) is 5.54. The topological polar surface area (TPSA) is 21.7 Å². The molecular formula is C16H30NO2PS5Te. The van der Waals surface area contributed by atoms with E-state index >= 15 is 0 Å². The Morgan fingerprint density at radius 3 is 2.19 bits per heavy atom. The normalized spacial score (nSPS) is 26.8. The first-order valence-electron chi connectivity index (χ1n) is 9.48. The Balaban J connectivity index is 1.71. The van der Waals surface area contributed by atoms with E-state index in [0.717, 1.165) is 43.5 Å². The minimum atomic E-state index is -2.22. The van der Waals surface area contributed by atoms with E-state index in [4.69, 9.17) is 33.1 Å². The van der Waals surface area contributed by atoms with Gasteiger partial charge >= 0.3 is 182 Å². The molecule has 0 amide bonds. The van der Waals surface area contributed by atoms with Crippen LogP contribution in [0.5, 0.6) is 0 Å². The van der Waals surface area contributed by atoms with Crippen LogP contribution in [0.4, 0.5) is 0 Å². The third-order valence-corrected chi connectivity index (χ3v) is 52.6. The molecule has 0 aromatic heterocycles. The molecule has 3 aliphatic rings. The Morgan fingerprint density at radius 2 is 1.65 bits per heavy atom. The van der Waals surface area contributed by atoms with Crippen LogP contribution in [-0.2, 0) is 20.9 Å². The average Bonchev–Trinajstić information content (AvgIpc) is 3.33. The molecule has 0 spiro atoms. The second-order valence-corrected chi connectivity index (χ2v) is 38.9. The molecule has 0 aromatic rings. The van der Waals surface area contributed by atoms with Crippen LogP contribution in [0.15, 0.2) is 0 Å². The van der Waals surface area contributed by atoms with E-state index in [9.17, 15) is 0 Å². The van der Waals surface area contributed by atoms with E-state index in [0.29, 0.717) is 0 Å². The Bertz CT molecular complexity index is 667. The molecule has 0 aliphatic carbocycles. The van der Waals surface area contributed by atoms with Gasteiger partial charge in [-0.25, -0.2) is 0 Å². The zero-order valence-electron chi connectivity index (χ0n) is 15.6. The van der Waals surface area contributed by atoms with Gasteiger partial charge in [0.15, 0.2) is 0 Å². The molecule has 3 rings (SSSR count). The first kappa shape index (κ1) is 22.8. The molecule has 3 nitrogen and oxygen atoms in total. The Hall–Kier alpha value is 2.17. The quantitative estimate of drug-likeness (QED) is 0.155. The number of nitrogens with zero attached hydrogens (tertiary/aromatic N) is 1. The number of hydrogen-bond donors (Lipinski definition) is 0. The summed E-state index contributed by atoms with van der Waals surface area (Å²) in [5, 5.41) is 0. The summed E-state index contributed by atoms with van der Waals surface area (Å²) in [5.74, 6) is 0. The Morgan fingerprint density at radius 1 is 1.08 bits per heavy atom. The molecule has 0 saturated carbocycles. The zero-order valence-corrected chi connectivity index (χ0v) is 23.0. The second kappa shape index (κ2) is 9.98. The van der Waals surface area contributed by atoms with Crippen molar-refractivity contribution in [3.8, 4) is 0 Å². The molecule has 0 atom stereocenters. The molecule has 0 aromatic carbocycles. The first-order chi connectivity index (χ1) is 12.4. The Kier molecular flexibility index (Phi) is 8.77. The standard InChI is InChI=1S/C16H30NO2PS5Te/c1-3-16(4-2)13-18-20(22,19-14-16)24-26(11-7-8-12-26)25-23-15(21)17-9-5-6-10-17/h3-14H2,1-2H3. The van der Waals surface area contributed by atoms with Crippen LogP contribution in [0.3, 0.4) is 0 Å². The molecule has 0 N–H and O–H groups in total. The SMILES string of the molecule is CCC1(CC)COP(=S)(S#[Te]2(SSC(=S)N3CCCC3)CCCC2)OC1. The monoisotopic (exact) mass is 589 g/mol. The molecule has 3 heterocycles. The third kappa shape index (κ3) is 5.65. The Labute approximate surface area is 180 Å². The second-order valence-electron chi connectivity index (χ2n) is 7.25. The van der Waals surface area contributed by atoms with Gasteiger partial charge in [0.05, 0.1) is 0 Å². The molecule has 10 heteroatoms. The summed E-state index contributed by atoms with van der Waals surface area (Å²) in [7, 11) is 6.00. The molecule has 152 valence electrons. The van der Waals surface area contributed by atoms with Gasteiger partial charge in [-0.15, -0.1) is 0 Å². The van der Waals surface area contributed by atoms with Crippen molar-refractivity contribution in [2.45, 2.75) is 61.3 Å². The van der Waals surface area contributed by atoms with Gasteiger partial charge in [0.25, 0.3) is 0 Å².